The summed E-state index contributed by atoms with van der Waals surface area (Å²) in [6.45, 7) is 1.04. The van der Waals surface area contributed by atoms with Crippen LogP contribution in [0.5, 0.6) is 5.75 Å². The maximum absolute atomic E-state index is 12.7. The molecule has 3 amide bonds. The Morgan fingerprint density at radius 1 is 1.03 bits per heavy atom. The Morgan fingerprint density at radius 3 is 2.48 bits per heavy atom. The number of nitrogens with one attached hydrogen (secondary N) is 1. The highest BCUT2D eigenvalue weighted by atomic mass is 16.5. The van der Waals surface area contributed by atoms with Crippen molar-refractivity contribution in [1.29, 1.82) is 0 Å². The van der Waals surface area contributed by atoms with Crippen molar-refractivity contribution < 1.29 is 19.1 Å². The lowest BCUT2D eigenvalue weighted by atomic mass is 10.1. The number of anilines is 3. The van der Waals surface area contributed by atoms with Crippen LogP contribution in [-0.4, -0.2) is 37.9 Å². The van der Waals surface area contributed by atoms with Crippen molar-refractivity contribution in [2.24, 2.45) is 5.92 Å². The lowest BCUT2D eigenvalue weighted by molar-refractivity contribution is -0.122. The largest absolute Gasteiger partial charge is 0.495 e. The Morgan fingerprint density at radius 2 is 1.79 bits per heavy atom. The molecule has 1 atom stereocenters. The van der Waals surface area contributed by atoms with Gasteiger partial charge in [0.25, 0.3) is 0 Å². The zero-order chi connectivity index (χ0) is 20.4. The molecular formula is C22H23N3O4. The van der Waals surface area contributed by atoms with Gasteiger partial charge in [-0.25, -0.2) is 0 Å². The topological polar surface area (TPSA) is 79.0 Å². The molecule has 0 unspecified atom stereocenters. The molecule has 0 bridgehead atoms. The summed E-state index contributed by atoms with van der Waals surface area (Å²) in [7, 11) is 1.56. The third kappa shape index (κ3) is 3.81. The van der Waals surface area contributed by atoms with E-state index < -0.39 is 5.92 Å². The summed E-state index contributed by atoms with van der Waals surface area (Å²) in [4.78, 5) is 40.4. The fraction of sp³-hybridized carbons (Fsp3) is 0.318. The van der Waals surface area contributed by atoms with Gasteiger partial charge in [-0.3, -0.25) is 14.4 Å². The first-order valence-corrected chi connectivity index (χ1v) is 9.71. The standard InChI is InChI=1S/C22H23N3O4/c1-29-19-6-3-2-5-18(19)25-14-15(13-21(25)27)22(28)23-16-8-10-17(11-9-16)24-12-4-7-20(24)26/h2-3,5-6,8-11,15H,4,7,12-14H2,1H3,(H,23,28)/t15-/m0/s1. The van der Waals surface area contributed by atoms with E-state index in [2.05, 4.69) is 5.32 Å². The molecule has 2 aliphatic heterocycles. The number of methoxy groups -OCH3 is 1. The number of hydrogen-bond donors (Lipinski definition) is 1. The van der Waals surface area contributed by atoms with Gasteiger partial charge in [0, 0.05) is 37.3 Å². The van der Waals surface area contributed by atoms with Crippen LogP contribution < -0.4 is 19.9 Å². The molecule has 150 valence electrons. The lowest BCUT2D eigenvalue weighted by Gasteiger charge is -2.19. The van der Waals surface area contributed by atoms with Crippen LogP contribution in [0.1, 0.15) is 19.3 Å². The van der Waals surface area contributed by atoms with Crippen molar-refractivity contribution in [3.63, 3.8) is 0 Å². The van der Waals surface area contributed by atoms with Crippen LogP contribution in [0, 0.1) is 5.92 Å². The zero-order valence-electron chi connectivity index (χ0n) is 16.3. The van der Waals surface area contributed by atoms with E-state index in [0.717, 1.165) is 18.7 Å². The second-order valence-electron chi connectivity index (χ2n) is 7.26. The minimum Gasteiger partial charge on any atom is -0.495 e. The molecule has 0 radical (unpaired) electrons. The summed E-state index contributed by atoms with van der Waals surface area (Å²) in [5.74, 6) is 0.00202. The highest BCUT2D eigenvalue weighted by molar-refractivity contribution is 6.04. The highest BCUT2D eigenvalue weighted by Crippen LogP contribution is 2.33. The van der Waals surface area contributed by atoms with Gasteiger partial charge < -0.3 is 19.9 Å². The summed E-state index contributed by atoms with van der Waals surface area (Å²) in [5.41, 5.74) is 2.16. The number of carbonyl (C=O) groups is 3. The summed E-state index contributed by atoms with van der Waals surface area (Å²) in [6, 6.07) is 14.5. The predicted molar refractivity (Wildman–Crippen MR) is 110 cm³/mol. The molecule has 0 saturated carbocycles. The minimum atomic E-state index is -0.438. The van der Waals surface area contributed by atoms with Gasteiger partial charge in [0.2, 0.25) is 17.7 Å². The number of benzene rings is 2. The van der Waals surface area contributed by atoms with Gasteiger partial charge in [-0.1, -0.05) is 12.1 Å². The molecule has 4 rings (SSSR count). The first-order chi connectivity index (χ1) is 14.1. The maximum atomic E-state index is 12.7. The quantitative estimate of drug-likeness (QED) is 0.847. The second kappa shape index (κ2) is 7.95. The summed E-state index contributed by atoms with van der Waals surface area (Å²) in [6.07, 6.45) is 1.61. The first kappa shape index (κ1) is 19.0. The molecule has 7 heteroatoms. The van der Waals surface area contributed by atoms with E-state index >= 15 is 0 Å². The first-order valence-electron chi connectivity index (χ1n) is 9.71. The molecule has 2 saturated heterocycles. The van der Waals surface area contributed by atoms with Crippen LogP contribution in [0.15, 0.2) is 48.5 Å². The SMILES string of the molecule is COc1ccccc1N1C[C@@H](C(=O)Nc2ccc(N3CCCC3=O)cc2)CC1=O. The van der Waals surface area contributed by atoms with E-state index in [0.29, 0.717) is 30.1 Å². The van der Waals surface area contributed by atoms with E-state index in [1.807, 2.05) is 30.3 Å². The number of amides is 3. The van der Waals surface area contributed by atoms with Crippen LogP contribution in [0.3, 0.4) is 0 Å². The van der Waals surface area contributed by atoms with Crippen LogP contribution in [0.2, 0.25) is 0 Å². The average Bonchev–Trinajstić information content (AvgIpc) is 3.34. The van der Waals surface area contributed by atoms with Gasteiger partial charge >= 0.3 is 0 Å². The third-order valence-electron chi connectivity index (χ3n) is 5.39. The fourth-order valence-electron chi connectivity index (χ4n) is 3.86. The molecule has 2 aromatic rings. The van der Waals surface area contributed by atoms with E-state index in [1.165, 1.54) is 0 Å². The van der Waals surface area contributed by atoms with Crippen molar-refractivity contribution in [3.8, 4) is 5.75 Å². The maximum Gasteiger partial charge on any atom is 0.229 e. The van der Waals surface area contributed by atoms with Gasteiger partial charge in [0.15, 0.2) is 0 Å². The van der Waals surface area contributed by atoms with E-state index in [1.54, 1.807) is 35.1 Å². The van der Waals surface area contributed by atoms with Crippen molar-refractivity contribution in [2.45, 2.75) is 19.3 Å². The summed E-state index contributed by atoms with van der Waals surface area (Å²) < 4.78 is 5.34. The van der Waals surface area contributed by atoms with E-state index in [-0.39, 0.29) is 24.1 Å². The normalized spacial score (nSPS) is 19.0. The third-order valence-corrected chi connectivity index (χ3v) is 5.39. The number of nitrogens with zero attached hydrogens (tertiary/aromatic N) is 2. The summed E-state index contributed by atoms with van der Waals surface area (Å²) in [5, 5.41) is 2.88. The van der Waals surface area contributed by atoms with Crippen LogP contribution >= 0.6 is 0 Å². The van der Waals surface area contributed by atoms with Gasteiger partial charge in [0.05, 0.1) is 18.7 Å². The Bertz CT molecular complexity index is 941. The number of ether oxygens (including phenoxy) is 1. The van der Waals surface area contributed by atoms with Crippen LogP contribution in [-0.2, 0) is 14.4 Å². The summed E-state index contributed by atoms with van der Waals surface area (Å²) >= 11 is 0. The smallest absolute Gasteiger partial charge is 0.229 e. The molecule has 0 aliphatic carbocycles. The minimum absolute atomic E-state index is 0.0995. The molecule has 29 heavy (non-hydrogen) atoms. The van der Waals surface area contributed by atoms with Crippen molar-refractivity contribution >= 4 is 34.8 Å². The van der Waals surface area contributed by atoms with Gasteiger partial charge in [0.1, 0.15) is 5.75 Å². The monoisotopic (exact) mass is 393 g/mol. The molecule has 1 N–H and O–H groups in total. The van der Waals surface area contributed by atoms with Crippen molar-refractivity contribution in [1.82, 2.24) is 0 Å². The molecule has 2 fully saturated rings. The Balaban J connectivity index is 1.41. The van der Waals surface area contributed by atoms with Gasteiger partial charge in [-0.2, -0.15) is 0 Å². The van der Waals surface area contributed by atoms with Crippen LogP contribution in [0.4, 0.5) is 17.1 Å². The average molecular weight is 393 g/mol. The molecule has 2 aliphatic rings. The molecule has 7 nitrogen and oxygen atoms in total. The van der Waals surface area contributed by atoms with Crippen molar-refractivity contribution in [3.05, 3.63) is 48.5 Å². The van der Waals surface area contributed by atoms with Crippen LogP contribution in [0.25, 0.3) is 0 Å². The van der Waals surface area contributed by atoms with E-state index in [4.69, 9.17) is 4.74 Å². The predicted octanol–water partition coefficient (Wildman–Crippen LogP) is 2.81. The molecule has 2 aromatic carbocycles. The molecule has 0 spiro atoms. The Hall–Kier alpha value is -3.35. The highest BCUT2D eigenvalue weighted by Gasteiger charge is 2.36. The molecule has 2 heterocycles. The number of carbonyl (C=O) groups excluding carboxylic acids is 3. The second-order valence-corrected chi connectivity index (χ2v) is 7.26. The van der Waals surface area contributed by atoms with Gasteiger partial charge in [-0.05, 0) is 42.8 Å². The lowest BCUT2D eigenvalue weighted by Crippen LogP contribution is -2.28. The molecule has 0 aromatic heterocycles. The van der Waals surface area contributed by atoms with E-state index in [9.17, 15) is 14.4 Å². The number of para-hydroxylation sites is 2. The number of rotatable bonds is 5. The molecular weight excluding hydrogens is 370 g/mol. The van der Waals surface area contributed by atoms with Crippen molar-refractivity contribution in [2.75, 3.05) is 35.3 Å². The Kier molecular flexibility index (Phi) is 5.20. The zero-order valence-corrected chi connectivity index (χ0v) is 16.3. The fourth-order valence-corrected chi connectivity index (χ4v) is 3.86. The number of hydrogen-bond acceptors (Lipinski definition) is 4. The Labute approximate surface area is 169 Å². The van der Waals surface area contributed by atoms with Gasteiger partial charge in [-0.15, -0.1) is 0 Å².